The molecule has 0 saturated heterocycles. The molecule has 0 aliphatic heterocycles. The zero-order valence-electron chi connectivity index (χ0n) is 13.5. The van der Waals surface area contributed by atoms with Crippen molar-refractivity contribution in [3.8, 4) is 0 Å². The van der Waals surface area contributed by atoms with Crippen LogP contribution in [0.5, 0.6) is 0 Å². The first kappa shape index (κ1) is 20.8. The number of carbonyl (C=O) groups is 2. The minimum atomic E-state index is -1.00. The van der Waals surface area contributed by atoms with Crippen LogP contribution in [0.1, 0.15) is 20.8 Å². The summed E-state index contributed by atoms with van der Waals surface area (Å²) in [6.07, 6.45) is 0. The summed E-state index contributed by atoms with van der Waals surface area (Å²) in [7, 11) is 0. The molecule has 0 aliphatic carbocycles. The minimum absolute atomic E-state index is 0.0992. The fourth-order valence-corrected chi connectivity index (χ4v) is 1.24. The molecule has 0 spiro atoms. The lowest BCUT2D eigenvalue weighted by Gasteiger charge is -2.19. The van der Waals surface area contributed by atoms with Gasteiger partial charge in [-0.3, -0.25) is 0 Å². The Hall–Kier alpha value is -1.22. The van der Waals surface area contributed by atoms with E-state index in [9.17, 15) is 9.59 Å². The van der Waals surface area contributed by atoms with E-state index in [1.54, 1.807) is 20.8 Å². The molecule has 0 fully saturated rings. The number of carbonyl (C=O) groups excluding carboxylic acids is 1. The maximum Gasteiger partial charge on any atom is 0.332 e. The number of ether oxygens (including phenoxy) is 5. The molecule has 0 aromatic rings. The normalized spacial score (nSPS) is 11.4. The summed E-state index contributed by atoms with van der Waals surface area (Å²) in [5.74, 6) is -1.41. The van der Waals surface area contributed by atoms with Gasteiger partial charge >= 0.3 is 11.9 Å². The highest BCUT2D eigenvalue weighted by molar-refractivity contribution is 5.71. The predicted molar refractivity (Wildman–Crippen MR) is 76.8 cm³/mol. The summed E-state index contributed by atoms with van der Waals surface area (Å²) in [4.78, 5) is 21.4. The molecule has 8 nitrogen and oxygen atoms in total. The second-order valence-electron chi connectivity index (χ2n) is 5.31. The molecule has 0 rings (SSSR count). The standard InChI is InChI=1S/C14H26O8/c1-14(2,3)22-13(17)11-21-9-7-19-5-4-18-6-8-20-10-12(15)16/h4-11H2,1-3H3,(H,15,16). The molecule has 0 bridgehead atoms. The lowest BCUT2D eigenvalue weighted by atomic mass is 10.2. The summed E-state index contributed by atoms with van der Waals surface area (Å²) >= 11 is 0. The third-order valence-corrected chi connectivity index (χ3v) is 1.98. The lowest BCUT2D eigenvalue weighted by Crippen LogP contribution is -2.27. The highest BCUT2D eigenvalue weighted by Gasteiger charge is 2.15. The highest BCUT2D eigenvalue weighted by Crippen LogP contribution is 2.06. The summed E-state index contributed by atoms with van der Waals surface area (Å²) < 4.78 is 25.3. The van der Waals surface area contributed by atoms with Crippen molar-refractivity contribution in [3.63, 3.8) is 0 Å². The van der Waals surface area contributed by atoms with Crippen LogP contribution in [-0.4, -0.2) is 75.5 Å². The van der Waals surface area contributed by atoms with Crippen LogP contribution in [0.25, 0.3) is 0 Å². The van der Waals surface area contributed by atoms with Gasteiger partial charge in [-0.1, -0.05) is 0 Å². The Kier molecular flexibility index (Phi) is 11.7. The Morgan fingerprint density at radius 3 is 1.59 bits per heavy atom. The van der Waals surface area contributed by atoms with Gasteiger partial charge in [-0.05, 0) is 20.8 Å². The number of esters is 1. The van der Waals surface area contributed by atoms with E-state index < -0.39 is 17.5 Å². The van der Waals surface area contributed by atoms with Gasteiger partial charge in [-0.25, -0.2) is 9.59 Å². The van der Waals surface area contributed by atoms with Gasteiger partial charge in [0.2, 0.25) is 0 Å². The van der Waals surface area contributed by atoms with Crippen molar-refractivity contribution in [1.82, 2.24) is 0 Å². The van der Waals surface area contributed by atoms with Crippen LogP contribution in [0.3, 0.4) is 0 Å². The van der Waals surface area contributed by atoms with Gasteiger partial charge in [0.05, 0.1) is 39.6 Å². The number of carboxylic acid groups (broad SMARTS) is 1. The summed E-state index contributed by atoms with van der Waals surface area (Å²) in [6.45, 7) is 6.89. The zero-order valence-corrected chi connectivity index (χ0v) is 13.5. The Morgan fingerprint density at radius 2 is 1.18 bits per heavy atom. The second kappa shape index (κ2) is 12.3. The van der Waals surface area contributed by atoms with Gasteiger partial charge in [-0.15, -0.1) is 0 Å². The summed E-state index contributed by atoms with van der Waals surface area (Å²) in [6, 6.07) is 0. The molecule has 0 saturated carbocycles. The van der Waals surface area contributed by atoms with E-state index in [0.717, 1.165) is 0 Å². The first-order valence-electron chi connectivity index (χ1n) is 7.06. The van der Waals surface area contributed by atoms with Crippen LogP contribution in [-0.2, 0) is 33.3 Å². The van der Waals surface area contributed by atoms with E-state index in [2.05, 4.69) is 0 Å². The van der Waals surface area contributed by atoms with Crippen LogP contribution in [0.4, 0.5) is 0 Å². The molecule has 0 amide bonds. The third kappa shape index (κ3) is 16.8. The van der Waals surface area contributed by atoms with Gasteiger partial charge in [0.15, 0.2) is 0 Å². The lowest BCUT2D eigenvalue weighted by molar-refractivity contribution is -0.160. The van der Waals surface area contributed by atoms with E-state index in [-0.39, 0.29) is 19.8 Å². The maximum absolute atomic E-state index is 11.3. The molecule has 130 valence electrons. The zero-order chi connectivity index (χ0) is 16.8. The van der Waals surface area contributed by atoms with Gasteiger partial charge in [0.25, 0.3) is 0 Å². The molecule has 0 atom stereocenters. The number of aliphatic carboxylic acids is 1. The summed E-state index contributed by atoms with van der Waals surface area (Å²) in [5.41, 5.74) is -0.511. The molecular formula is C14H26O8. The Labute approximate surface area is 130 Å². The number of hydrogen-bond donors (Lipinski definition) is 1. The monoisotopic (exact) mass is 322 g/mol. The molecule has 8 heteroatoms. The van der Waals surface area contributed by atoms with Crippen molar-refractivity contribution in [2.45, 2.75) is 26.4 Å². The Bertz CT molecular complexity index is 310. The SMILES string of the molecule is CC(C)(C)OC(=O)COCCOCCOCCOCC(=O)O. The topological polar surface area (TPSA) is 101 Å². The third-order valence-electron chi connectivity index (χ3n) is 1.98. The van der Waals surface area contributed by atoms with Gasteiger partial charge < -0.3 is 28.8 Å². The fraction of sp³-hybridized carbons (Fsp3) is 0.857. The molecule has 1 N–H and O–H groups in total. The second-order valence-corrected chi connectivity index (χ2v) is 5.31. The molecule has 0 aromatic heterocycles. The highest BCUT2D eigenvalue weighted by atomic mass is 16.6. The number of carboxylic acids is 1. The number of hydrogen-bond acceptors (Lipinski definition) is 7. The molecular weight excluding hydrogens is 296 g/mol. The van der Waals surface area contributed by atoms with Gasteiger partial charge in [0, 0.05) is 0 Å². The van der Waals surface area contributed by atoms with E-state index in [1.165, 1.54) is 0 Å². The quantitative estimate of drug-likeness (QED) is 0.386. The average molecular weight is 322 g/mol. The molecule has 0 radical (unpaired) electrons. The molecule has 0 heterocycles. The first-order chi connectivity index (χ1) is 10.3. The molecule has 22 heavy (non-hydrogen) atoms. The smallest absolute Gasteiger partial charge is 0.332 e. The Balaban J connectivity index is 3.21. The average Bonchev–Trinajstić information content (AvgIpc) is 2.37. The van der Waals surface area contributed by atoms with Gasteiger partial charge in [-0.2, -0.15) is 0 Å². The fourth-order valence-electron chi connectivity index (χ4n) is 1.24. The summed E-state index contributed by atoms with van der Waals surface area (Å²) in [5, 5.41) is 8.32. The van der Waals surface area contributed by atoms with E-state index in [4.69, 9.17) is 28.8 Å². The van der Waals surface area contributed by atoms with Crippen molar-refractivity contribution in [1.29, 1.82) is 0 Å². The van der Waals surface area contributed by atoms with Crippen LogP contribution >= 0.6 is 0 Å². The predicted octanol–water partition coefficient (Wildman–Crippen LogP) is 0.479. The van der Waals surface area contributed by atoms with Crippen molar-refractivity contribution in [2.24, 2.45) is 0 Å². The maximum atomic E-state index is 11.3. The molecule has 0 aliphatic rings. The van der Waals surface area contributed by atoms with Crippen molar-refractivity contribution in [3.05, 3.63) is 0 Å². The van der Waals surface area contributed by atoms with E-state index >= 15 is 0 Å². The van der Waals surface area contributed by atoms with Crippen molar-refractivity contribution < 1.29 is 38.4 Å². The van der Waals surface area contributed by atoms with E-state index in [1.807, 2.05) is 0 Å². The van der Waals surface area contributed by atoms with Crippen LogP contribution in [0.2, 0.25) is 0 Å². The minimum Gasteiger partial charge on any atom is -0.480 e. The van der Waals surface area contributed by atoms with Gasteiger partial charge in [0.1, 0.15) is 18.8 Å². The molecule has 0 unspecified atom stereocenters. The van der Waals surface area contributed by atoms with Crippen LogP contribution in [0, 0.1) is 0 Å². The first-order valence-corrected chi connectivity index (χ1v) is 7.06. The molecule has 0 aromatic carbocycles. The largest absolute Gasteiger partial charge is 0.480 e. The van der Waals surface area contributed by atoms with E-state index in [0.29, 0.717) is 33.0 Å². The van der Waals surface area contributed by atoms with Crippen LogP contribution < -0.4 is 0 Å². The van der Waals surface area contributed by atoms with Crippen LogP contribution in [0.15, 0.2) is 0 Å². The number of rotatable bonds is 13. The van der Waals surface area contributed by atoms with Crippen molar-refractivity contribution >= 4 is 11.9 Å². The Morgan fingerprint density at radius 1 is 0.773 bits per heavy atom. The van der Waals surface area contributed by atoms with Crippen molar-refractivity contribution in [2.75, 3.05) is 52.9 Å².